The summed E-state index contributed by atoms with van der Waals surface area (Å²) < 4.78 is 38.4. The number of nitrogens with one attached hydrogen (secondary N) is 1. The van der Waals surface area contributed by atoms with E-state index in [-0.39, 0.29) is 17.4 Å². The first-order valence-corrected chi connectivity index (χ1v) is 10.9. The third kappa shape index (κ3) is 4.42. The molecular weight excluding hydrogens is 429 g/mol. The second-order valence-electron chi connectivity index (χ2n) is 8.87. The van der Waals surface area contributed by atoms with Crippen molar-refractivity contribution in [1.29, 1.82) is 0 Å². The maximum atomic E-state index is 13.6. The van der Waals surface area contributed by atoms with E-state index in [0.717, 1.165) is 42.7 Å². The van der Waals surface area contributed by atoms with Crippen LogP contribution in [0.15, 0.2) is 67.0 Å². The van der Waals surface area contributed by atoms with Crippen molar-refractivity contribution in [3.05, 3.63) is 78.2 Å². The number of carbonyl (C=O) groups is 1. The van der Waals surface area contributed by atoms with E-state index < -0.39 is 11.7 Å². The Morgan fingerprint density at radius 3 is 2.52 bits per heavy atom. The zero-order valence-corrected chi connectivity index (χ0v) is 17.8. The summed E-state index contributed by atoms with van der Waals surface area (Å²) in [4.78, 5) is 23.8. The van der Waals surface area contributed by atoms with Gasteiger partial charge < -0.3 is 10.2 Å². The molecule has 1 amide bonds. The molecule has 0 unspecified atom stereocenters. The number of aromatic nitrogens is 2. The van der Waals surface area contributed by atoms with Gasteiger partial charge in [-0.05, 0) is 48.4 Å². The maximum absolute atomic E-state index is 13.6. The number of rotatable bonds is 5. The van der Waals surface area contributed by atoms with Crippen molar-refractivity contribution < 1.29 is 18.0 Å². The summed E-state index contributed by atoms with van der Waals surface area (Å²) in [6.07, 6.45) is 1.06. The highest BCUT2D eigenvalue weighted by atomic mass is 19.4. The normalized spacial score (nSPS) is 19.0. The fourth-order valence-electron chi connectivity index (χ4n) is 4.57. The van der Waals surface area contributed by atoms with Crippen LogP contribution >= 0.6 is 0 Å². The summed E-state index contributed by atoms with van der Waals surface area (Å²) in [6.45, 7) is 1.09. The number of nitrogens with zero attached hydrogens (tertiary/aromatic N) is 3. The molecule has 1 aromatic carbocycles. The second-order valence-corrected chi connectivity index (χ2v) is 8.87. The maximum Gasteiger partial charge on any atom is 0.417 e. The number of amides is 1. The van der Waals surface area contributed by atoms with Crippen LogP contribution in [0.5, 0.6) is 0 Å². The zero-order chi connectivity index (χ0) is 23.1. The molecule has 170 valence electrons. The highest BCUT2D eigenvalue weighted by Crippen LogP contribution is 2.55. The number of hydrogen-bond acceptors (Lipinski definition) is 4. The summed E-state index contributed by atoms with van der Waals surface area (Å²) in [7, 11) is 0. The Balaban J connectivity index is 1.35. The Hall–Kier alpha value is -3.42. The largest absolute Gasteiger partial charge is 0.417 e. The summed E-state index contributed by atoms with van der Waals surface area (Å²) >= 11 is 0. The molecule has 1 saturated carbocycles. The van der Waals surface area contributed by atoms with Gasteiger partial charge in [0.2, 0.25) is 0 Å². The fraction of sp³-hybridized carbons (Fsp3) is 0.320. The molecule has 1 atom stereocenters. The minimum Gasteiger partial charge on any atom is -0.368 e. The summed E-state index contributed by atoms with van der Waals surface area (Å²) in [5.74, 6) is 0.236. The monoisotopic (exact) mass is 452 g/mol. The highest BCUT2D eigenvalue weighted by molar-refractivity contribution is 5.99. The molecule has 1 aliphatic heterocycles. The SMILES string of the molecule is O=C(c1ncccc1-c1ccccc1)N1CC2(CC2)C[C@H]1CNc1ccc(C(F)(F)F)cn1. The van der Waals surface area contributed by atoms with Gasteiger partial charge in [-0.1, -0.05) is 36.4 Å². The molecule has 33 heavy (non-hydrogen) atoms. The predicted molar refractivity (Wildman–Crippen MR) is 119 cm³/mol. The van der Waals surface area contributed by atoms with Gasteiger partial charge in [-0.3, -0.25) is 9.78 Å². The van der Waals surface area contributed by atoms with Gasteiger partial charge in [0.25, 0.3) is 5.91 Å². The molecule has 3 aromatic rings. The van der Waals surface area contributed by atoms with Gasteiger partial charge in [0.15, 0.2) is 0 Å². The number of benzene rings is 1. The van der Waals surface area contributed by atoms with Crippen LogP contribution in [0.3, 0.4) is 0 Å². The molecule has 2 fully saturated rings. The van der Waals surface area contributed by atoms with Gasteiger partial charge in [0.05, 0.1) is 5.56 Å². The number of alkyl halides is 3. The molecule has 2 aromatic heterocycles. The van der Waals surface area contributed by atoms with Gasteiger partial charge in [0.1, 0.15) is 11.5 Å². The zero-order valence-electron chi connectivity index (χ0n) is 17.8. The molecule has 2 aliphatic rings. The van der Waals surface area contributed by atoms with Gasteiger partial charge in [-0.2, -0.15) is 13.2 Å². The number of carbonyl (C=O) groups excluding carboxylic acids is 1. The van der Waals surface area contributed by atoms with Crippen LogP contribution in [-0.2, 0) is 6.18 Å². The van der Waals surface area contributed by atoms with Crippen LogP contribution in [0.25, 0.3) is 11.1 Å². The molecule has 1 spiro atoms. The molecule has 8 heteroatoms. The third-order valence-electron chi connectivity index (χ3n) is 6.54. The lowest BCUT2D eigenvalue weighted by Crippen LogP contribution is -2.40. The van der Waals surface area contributed by atoms with Crippen molar-refractivity contribution in [2.75, 3.05) is 18.4 Å². The van der Waals surface area contributed by atoms with Crippen LogP contribution in [0.4, 0.5) is 19.0 Å². The van der Waals surface area contributed by atoms with Crippen molar-refractivity contribution in [3.63, 3.8) is 0 Å². The van der Waals surface area contributed by atoms with Crippen LogP contribution in [0.2, 0.25) is 0 Å². The highest BCUT2D eigenvalue weighted by Gasteiger charge is 2.53. The number of hydrogen-bond donors (Lipinski definition) is 1. The van der Waals surface area contributed by atoms with Crippen molar-refractivity contribution in [2.24, 2.45) is 5.41 Å². The van der Waals surface area contributed by atoms with E-state index >= 15 is 0 Å². The van der Waals surface area contributed by atoms with E-state index in [4.69, 9.17) is 0 Å². The van der Waals surface area contributed by atoms with Crippen LogP contribution < -0.4 is 5.32 Å². The first kappa shape index (κ1) is 21.4. The minimum absolute atomic E-state index is 0.0882. The van der Waals surface area contributed by atoms with Crippen molar-refractivity contribution in [1.82, 2.24) is 14.9 Å². The van der Waals surface area contributed by atoms with Gasteiger partial charge in [-0.15, -0.1) is 0 Å². The standard InChI is InChI=1S/C25H23F3N4O/c26-25(27,28)18-8-9-21(30-14-18)31-15-19-13-24(10-11-24)16-32(19)23(33)22-20(7-4-12-29-22)17-5-2-1-3-6-17/h1-9,12,14,19H,10-11,13,15-16H2,(H,30,31)/t19-/m0/s1. The Morgan fingerprint density at radius 1 is 1.06 bits per heavy atom. The van der Waals surface area contributed by atoms with Crippen LogP contribution in [0.1, 0.15) is 35.3 Å². The van der Waals surface area contributed by atoms with E-state index in [1.54, 1.807) is 6.20 Å². The molecule has 0 bridgehead atoms. The number of anilines is 1. The second kappa shape index (κ2) is 8.17. The van der Waals surface area contributed by atoms with Gasteiger partial charge in [-0.25, -0.2) is 4.98 Å². The lowest BCUT2D eigenvalue weighted by atomic mass is 10.0. The Bertz CT molecular complexity index is 1140. The Labute approximate surface area is 189 Å². The number of likely N-dealkylation sites (tertiary alicyclic amines) is 1. The molecular formula is C25H23F3N4O. The summed E-state index contributed by atoms with van der Waals surface area (Å²) in [5.41, 5.74) is 1.50. The van der Waals surface area contributed by atoms with E-state index in [2.05, 4.69) is 15.3 Å². The summed E-state index contributed by atoms with van der Waals surface area (Å²) in [5, 5.41) is 3.12. The minimum atomic E-state index is -4.42. The molecule has 3 heterocycles. The van der Waals surface area contributed by atoms with Crippen molar-refractivity contribution in [3.8, 4) is 11.1 Å². The van der Waals surface area contributed by atoms with E-state index in [0.29, 0.717) is 24.6 Å². The molecule has 1 N–H and O–H groups in total. The fourth-order valence-corrected chi connectivity index (χ4v) is 4.57. The van der Waals surface area contributed by atoms with Crippen LogP contribution in [-0.4, -0.2) is 39.9 Å². The van der Waals surface area contributed by atoms with Crippen molar-refractivity contribution >= 4 is 11.7 Å². The molecule has 0 radical (unpaired) electrons. The van der Waals surface area contributed by atoms with Gasteiger partial charge >= 0.3 is 6.18 Å². The van der Waals surface area contributed by atoms with Crippen molar-refractivity contribution in [2.45, 2.75) is 31.5 Å². The smallest absolute Gasteiger partial charge is 0.368 e. The summed E-state index contributed by atoms with van der Waals surface area (Å²) in [6, 6.07) is 15.7. The Kier molecular flexibility index (Phi) is 5.31. The number of halogens is 3. The van der Waals surface area contributed by atoms with E-state index in [1.807, 2.05) is 47.4 Å². The molecule has 5 rings (SSSR count). The lowest BCUT2D eigenvalue weighted by molar-refractivity contribution is -0.137. The molecule has 5 nitrogen and oxygen atoms in total. The quantitative estimate of drug-likeness (QED) is 0.573. The molecule has 1 aliphatic carbocycles. The average Bonchev–Trinajstić information content (AvgIpc) is 3.48. The number of pyridine rings is 2. The third-order valence-corrected chi connectivity index (χ3v) is 6.54. The van der Waals surface area contributed by atoms with Gasteiger partial charge in [0, 0.05) is 37.1 Å². The van der Waals surface area contributed by atoms with E-state index in [1.165, 1.54) is 6.07 Å². The first-order valence-electron chi connectivity index (χ1n) is 10.9. The van der Waals surface area contributed by atoms with E-state index in [9.17, 15) is 18.0 Å². The lowest BCUT2D eigenvalue weighted by Gasteiger charge is -2.25. The molecule has 1 saturated heterocycles. The topological polar surface area (TPSA) is 58.1 Å². The predicted octanol–water partition coefficient (Wildman–Crippen LogP) is 5.27. The average molecular weight is 452 g/mol. The van der Waals surface area contributed by atoms with Crippen LogP contribution in [0, 0.1) is 5.41 Å². The Morgan fingerprint density at radius 2 is 1.85 bits per heavy atom. The first-order chi connectivity index (χ1) is 15.8.